The molecular formula is C17H19ClN4O4. The summed E-state index contributed by atoms with van der Waals surface area (Å²) in [5.74, 6) is -0.229. The summed E-state index contributed by atoms with van der Waals surface area (Å²) in [6.45, 7) is 3.94. The van der Waals surface area contributed by atoms with E-state index in [2.05, 4.69) is 15.5 Å². The Balaban J connectivity index is 1.63. The predicted octanol–water partition coefficient (Wildman–Crippen LogP) is 2.96. The Morgan fingerprint density at radius 1 is 1.38 bits per heavy atom. The standard InChI is InChI=1S/C17H19ClN4O4/c1-10(19-16(25)22-8-7-17(2,9-22)15(23)24)13-20-14(26-21-13)11-3-5-12(18)6-4-11/h3-6,10H,7-9H2,1-2H3,(H,19,25)(H,23,24). The van der Waals surface area contributed by atoms with Crippen molar-refractivity contribution in [2.45, 2.75) is 26.3 Å². The van der Waals surface area contributed by atoms with Gasteiger partial charge in [-0.15, -0.1) is 0 Å². The summed E-state index contributed by atoms with van der Waals surface area (Å²) in [6.07, 6.45) is 0.424. The number of hydrogen-bond donors (Lipinski definition) is 2. The van der Waals surface area contributed by atoms with E-state index in [4.69, 9.17) is 16.1 Å². The lowest BCUT2D eigenvalue weighted by Crippen LogP contribution is -2.42. The maximum Gasteiger partial charge on any atom is 0.318 e. The van der Waals surface area contributed by atoms with Crippen molar-refractivity contribution in [1.82, 2.24) is 20.4 Å². The lowest BCUT2D eigenvalue weighted by Gasteiger charge is -2.21. The highest BCUT2D eigenvalue weighted by atomic mass is 35.5. The van der Waals surface area contributed by atoms with E-state index in [0.717, 1.165) is 5.56 Å². The second-order valence-electron chi connectivity index (χ2n) is 6.67. The molecule has 0 radical (unpaired) electrons. The number of amides is 2. The number of nitrogens with zero attached hydrogens (tertiary/aromatic N) is 3. The second-order valence-corrected chi connectivity index (χ2v) is 7.11. The van der Waals surface area contributed by atoms with Crippen molar-refractivity contribution < 1.29 is 19.2 Å². The number of carbonyl (C=O) groups is 2. The molecule has 1 aliphatic heterocycles. The van der Waals surface area contributed by atoms with Crippen molar-refractivity contribution in [2.24, 2.45) is 5.41 Å². The summed E-state index contributed by atoms with van der Waals surface area (Å²) in [7, 11) is 0. The summed E-state index contributed by atoms with van der Waals surface area (Å²) < 4.78 is 5.24. The van der Waals surface area contributed by atoms with E-state index < -0.39 is 17.4 Å². The van der Waals surface area contributed by atoms with E-state index in [1.54, 1.807) is 38.1 Å². The Bertz CT molecular complexity index is 822. The minimum atomic E-state index is -0.908. The van der Waals surface area contributed by atoms with E-state index >= 15 is 0 Å². The summed E-state index contributed by atoms with van der Waals surface area (Å²) in [6, 6.07) is 6.14. The minimum absolute atomic E-state index is 0.170. The van der Waals surface area contributed by atoms with Crippen LogP contribution in [0.4, 0.5) is 4.79 Å². The number of halogens is 1. The first-order chi connectivity index (χ1) is 12.3. The van der Waals surface area contributed by atoms with Gasteiger partial charge in [-0.25, -0.2) is 4.79 Å². The molecule has 0 bridgehead atoms. The molecule has 2 atom stereocenters. The topological polar surface area (TPSA) is 109 Å². The van der Waals surface area contributed by atoms with Gasteiger partial charge in [0.05, 0.1) is 11.5 Å². The molecule has 26 heavy (non-hydrogen) atoms. The van der Waals surface area contributed by atoms with Crippen LogP contribution in [0, 0.1) is 5.41 Å². The highest BCUT2D eigenvalue weighted by Gasteiger charge is 2.42. The Kier molecular flexibility index (Phi) is 4.86. The molecule has 9 heteroatoms. The first kappa shape index (κ1) is 18.2. The number of benzene rings is 1. The SMILES string of the molecule is CC(NC(=O)N1CCC(C)(C(=O)O)C1)c1noc(-c2ccc(Cl)cc2)n1. The van der Waals surface area contributed by atoms with Gasteiger partial charge < -0.3 is 19.8 Å². The first-order valence-electron chi connectivity index (χ1n) is 8.17. The molecule has 3 rings (SSSR count). The zero-order valence-corrected chi connectivity index (χ0v) is 15.2. The number of aliphatic carboxylic acids is 1. The van der Waals surface area contributed by atoms with E-state index in [-0.39, 0.29) is 12.6 Å². The maximum absolute atomic E-state index is 12.4. The highest BCUT2D eigenvalue weighted by Crippen LogP contribution is 2.30. The van der Waals surface area contributed by atoms with Crippen molar-refractivity contribution in [1.29, 1.82) is 0 Å². The van der Waals surface area contributed by atoms with Crippen molar-refractivity contribution >= 4 is 23.6 Å². The van der Waals surface area contributed by atoms with Crippen molar-refractivity contribution in [2.75, 3.05) is 13.1 Å². The molecule has 0 aliphatic carbocycles. The summed E-state index contributed by atoms with van der Waals surface area (Å²) >= 11 is 5.86. The van der Waals surface area contributed by atoms with E-state index in [1.165, 1.54) is 4.90 Å². The van der Waals surface area contributed by atoms with Gasteiger partial charge in [0.15, 0.2) is 5.82 Å². The van der Waals surface area contributed by atoms with Crippen LogP contribution in [0.5, 0.6) is 0 Å². The number of urea groups is 1. The third kappa shape index (κ3) is 3.65. The molecule has 2 unspecified atom stereocenters. The number of hydrogen-bond acceptors (Lipinski definition) is 5. The lowest BCUT2D eigenvalue weighted by atomic mass is 9.90. The Labute approximate surface area is 155 Å². The fourth-order valence-corrected chi connectivity index (χ4v) is 2.90. The average Bonchev–Trinajstić information content (AvgIpc) is 3.23. The zero-order chi connectivity index (χ0) is 18.9. The number of carbonyl (C=O) groups excluding carboxylic acids is 1. The van der Waals surface area contributed by atoms with Crippen LogP contribution in [-0.2, 0) is 4.79 Å². The molecule has 1 aromatic heterocycles. The van der Waals surface area contributed by atoms with Gasteiger partial charge in [-0.05, 0) is 44.5 Å². The number of likely N-dealkylation sites (tertiary alicyclic amines) is 1. The van der Waals surface area contributed by atoms with Gasteiger partial charge >= 0.3 is 12.0 Å². The van der Waals surface area contributed by atoms with E-state index in [0.29, 0.717) is 29.7 Å². The van der Waals surface area contributed by atoms with Gasteiger partial charge in [0.25, 0.3) is 5.89 Å². The monoisotopic (exact) mass is 378 g/mol. The average molecular weight is 379 g/mol. The molecule has 2 aromatic rings. The third-order valence-electron chi connectivity index (χ3n) is 4.54. The van der Waals surface area contributed by atoms with Crippen LogP contribution >= 0.6 is 11.6 Å². The molecule has 8 nitrogen and oxygen atoms in total. The molecule has 1 aliphatic rings. The molecule has 2 amide bonds. The molecule has 2 heterocycles. The summed E-state index contributed by atoms with van der Waals surface area (Å²) in [5, 5.41) is 16.5. The smallest absolute Gasteiger partial charge is 0.318 e. The summed E-state index contributed by atoms with van der Waals surface area (Å²) in [5.41, 5.74) is -0.183. The Morgan fingerprint density at radius 3 is 2.69 bits per heavy atom. The summed E-state index contributed by atoms with van der Waals surface area (Å²) in [4.78, 5) is 29.5. The lowest BCUT2D eigenvalue weighted by molar-refractivity contribution is -0.147. The van der Waals surface area contributed by atoms with Crippen LogP contribution in [0.15, 0.2) is 28.8 Å². The van der Waals surface area contributed by atoms with Gasteiger partial charge in [0.1, 0.15) is 0 Å². The molecule has 1 saturated heterocycles. The first-order valence-corrected chi connectivity index (χ1v) is 8.55. The molecule has 2 N–H and O–H groups in total. The van der Waals surface area contributed by atoms with Crippen LogP contribution in [0.3, 0.4) is 0 Å². The van der Waals surface area contributed by atoms with Gasteiger partial charge in [-0.2, -0.15) is 4.98 Å². The van der Waals surface area contributed by atoms with Crippen LogP contribution in [0.1, 0.15) is 32.1 Å². The largest absolute Gasteiger partial charge is 0.481 e. The maximum atomic E-state index is 12.4. The second kappa shape index (κ2) is 6.95. The van der Waals surface area contributed by atoms with Crippen LogP contribution < -0.4 is 5.32 Å². The van der Waals surface area contributed by atoms with E-state index in [9.17, 15) is 14.7 Å². The highest BCUT2D eigenvalue weighted by molar-refractivity contribution is 6.30. The molecular weight excluding hydrogens is 360 g/mol. The minimum Gasteiger partial charge on any atom is -0.481 e. The van der Waals surface area contributed by atoms with Gasteiger partial charge in [-0.1, -0.05) is 16.8 Å². The van der Waals surface area contributed by atoms with Crippen LogP contribution in [0.25, 0.3) is 11.5 Å². The number of carboxylic acids is 1. The van der Waals surface area contributed by atoms with E-state index in [1.807, 2.05) is 0 Å². The van der Waals surface area contributed by atoms with Crippen molar-refractivity contribution in [3.8, 4) is 11.5 Å². The number of nitrogens with one attached hydrogen (secondary N) is 1. The third-order valence-corrected chi connectivity index (χ3v) is 4.79. The quantitative estimate of drug-likeness (QED) is 0.846. The molecule has 0 saturated carbocycles. The zero-order valence-electron chi connectivity index (χ0n) is 14.4. The number of aromatic nitrogens is 2. The van der Waals surface area contributed by atoms with Gasteiger partial charge in [-0.3, -0.25) is 4.79 Å². The van der Waals surface area contributed by atoms with Gasteiger partial charge in [0.2, 0.25) is 0 Å². The number of rotatable bonds is 4. The Morgan fingerprint density at radius 2 is 2.08 bits per heavy atom. The predicted molar refractivity (Wildman–Crippen MR) is 93.6 cm³/mol. The van der Waals surface area contributed by atoms with Crippen LogP contribution in [0.2, 0.25) is 5.02 Å². The fraction of sp³-hybridized carbons (Fsp3) is 0.412. The van der Waals surface area contributed by atoms with Crippen molar-refractivity contribution in [3.63, 3.8) is 0 Å². The fourth-order valence-electron chi connectivity index (χ4n) is 2.77. The number of carboxylic acid groups (broad SMARTS) is 1. The molecule has 138 valence electrons. The van der Waals surface area contributed by atoms with Gasteiger partial charge in [0, 0.05) is 23.7 Å². The molecule has 1 aromatic carbocycles. The Hall–Kier alpha value is -2.61. The molecule has 0 spiro atoms. The van der Waals surface area contributed by atoms with Crippen LogP contribution in [-0.4, -0.2) is 45.2 Å². The molecule has 1 fully saturated rings. The van der Waals surface area contributed by atoms with Crippen molar-refractivity contribution in [3.05, 3.63) is 35.1 Å². The normalized spacial score (nSPS) is 20.8.